The second-order valence-electron chi connectivity index (χ2n) is 7.34. The Morgan fingerprint density at radius 2 is 1.89 bits per heavy atom. The number of hydrogen-bond acceptors (Lipinski definition) is 1. The van der Waals surface area contributed by atoms with Gasteiger partial charge in [-0.25, -0.2) is 0 Å². The molecule has 2 aliphatic rings. The Labute approximate surface area is 114 Å². The first-order chi connectivity index (χ1) is 8.58. The standard InChI is InChI=1S/C17H33N/c1-5-12-18-13-15-16(3,4)17(15)10-7-8-14(6-2)9-11-17/h14-15,18H,5-13H2,1-4H3. The molecule has 18 heavy (non-hydrogen) atoms. The highest BCUT2D eigenvalue weighted by molar-refractivity contribution is 5.17. The number of nitrogens with one attached hydrogen (secondary N) is 1. The number of rotatable bonds is 5. The topological polar surface area (TPSA) is 12.0 Å². The van der Waals surface area contributed by atoms with Crippen molar-refractivity contribution < 1.29 is 0 Å². The molecular weight excluding hydrogens is 218 g/mol. The fourth-order valence-corrected chi connectivity index (χ4v) is 4.77. The summed E-state index contributed by atoms with van der Waals surface area (Å²) >= 11 is 0. The van der Waals surface area contributed by atoms with Crippen LogP contribution in [0.5, 0.6) is 0 Å². The van der Waals surface area contributed by atoms with Crippen molar-refractivity contribution in [1.82, 2.24) is 5.32 Å². The van der Waals surface area contributed by atoms with Crippen LogP contribution < -0.4 is 5.32 Å². The quantitative estimate of drug-likeness (QED) is 0.703. The predicted octanol–water partition coefficient (Wildman–Crippen LogP) is 4.62. The lowest BCUT2D eigenvalue weighted by Gasteiger charge is -2.18. The summed E-state index contributed by atoms with van der Waals surface area (Å²) in [5.74, 6) is 1.96. The highest BCUT2D eigenvalue weighted by Gasteiger charge is 2.68. The van der Waals surface area contributed by atoms with Crippen LogP contribution in [0, 0.1) is 22.7 Å². The second-order valence-corrected chi connectivity index (χ2v) is 7.34. The maximum Gasteiger partial charge on any atom is -0.000968 e. The lowest BCUT2D eigenvalue weighted by molar-refractivity contribution is 0.323. The summed E-state index contributed by atoms with van der Waals surface area (Å²) in [6.45, 7) is 12.1. The molecule has 0 aromatic heterocycles. The van der Waals surface area contributed by atoms with E-state index in [1.807, 2.05) is 0 Å². The van der Waals surface area contributed by atoms with Gasteiger partial charge in [0.05, 0.1) is 0 Å². The molecule has 0 aromatic rings. The molecular formula is C17H33N. The van der Waals surface area contributed by atoms with Gasteiger partial charge in [0.15, 0.2) is 0 Å². The van der Waals surface area contributed by atoms with Crippen molar-refractivity contribution in [3.8, 4) is 0 Å². The second kappa shape index (κ2) is 5.53. The van der Waals surface area contributed by atoms with Gasteiger partial charge in [-0.05, 0) is 61.4 Å². The van der Waals surface area contributed by atoms with E-state index in [2.05, 4.69) is 33.0 Å². The molecule has 1 spiro atoms. The third-order valence-electron chi connectivity index (χ3n) is 6.32. The average molecular weight is 251 g/mol. The molecule has 1 N–H and O–H groups in total. The molecule has 2 fully saturated rings. The Morgan fingerprint density at radius 3 is 2.56 bits per heavy atom. The van der Waals surface area contributed by atoms with Gasteiger partial charge >= 0.3 is 0 Å². The van der Waals surface area contributed by atoms with E-state index in [0.717, 1.165) is 11.8 Å². The average Bonchev–Trinajstić information content (AvgIpc) is 2.91. The number of hydrogen-bond donors (Lipinski definition) is 1. The van der Waals surface area contributed by atoms with Crippen LogP contribution in [0.2, 0.25) is 0 Å². The summed E-state index contributed by atoms with van der Waals surface area (Å²) < 4.78 is 0. The Hall–Kier alpha value is -0.0400. The third-order valence-corrected chi connectivity index (χ3v) is 6.32. The molecule has 3 atom stereocenters. The molecule has 0 heterocycles. The normalized spacial score (nSPS) is 38.7. The minimum atomic E-state index is 0.594. The van der Waals surface area contributed by atoms with Gasteiger partial charge in [0, 0.05) is 0 Å². The molecule has 0 aromatic carbocycles. The zero-order valence-corrected chi connectivity index (χ0v) is 13.0. The third kappa shape index (κ3) is 2.35. The van der Waals surface area contributed by atoms with Gasteiger partial charge in [0.25, 0.3) is 0 Å². The molecule has 2 saturated carbocycles. The predicted molar refractivity (Wildman–Crippen MR) is 79.7 cm³/mol. The van der Waals surface area contributed by atoms with Crippen molar-refractivity contribution in [1.29, 1.82) is 0 Å². The van der Waals surface area contributed by atoms with Crippen molar-refractivity contribution in [2.75, 3.05) is 13.1 Å². The zero-order chi connectivity index (χ0) is 13.2. The summed E-state index contributed by atoms with van der Waals surface area (Å²) in [7, 11) is 0. The van der Waals surface area contributed by atoms with Crippen molar-refractivity contribution >= 4 is 0 Å². The fourth-order valence-electron chi connectivity index (χ4n) is 4.77. The zero-order valence-electron chi connectivity index (χ0n) is 13.0. The van der Waals surface area contributed by atoms with Crippen LogP contribution in [0.3, 0.4) is 0 Å². The van der Waals surface area contributed by atoms with Crippen molar-refractivity contribution in [2.24, 2.45) is 22.7 Å². The van der Waals surface area contributed by atoms with Gasteiger partial charge in [-0.3, -0.25) is 0 Å². The molecule has 0 amide bonds. The van der Waals surface area contributed by atoms with Gasteiger partial charge in [0.1, 0.15) is 0 Å². The largest absolute Gasteiger partial charge is 0.316 e. The van der Waals surface area contributed by atoms with E-state index in [4.69, 9.17) is 0 Å². The first-order valence-corrected chi connectivity index (χ1v) is 8.29. The molecule has 2 aliphatic carbocycles. The summed E-state index contributed by atoms with van der Waals surface area (Å²) in [6.07, 6.45) is 10.1. The van der Waals surface area contributed by atoms with E-state index >= 15 is 0 Å². The Balaban J connectivity index is 1.94. The van der Waals surface area contributed by atoms with E-state index in [1.165, 1.54) is 58.0 Å². The van der Waals surface area contributed by atoms with Gasteiger partial charge < -0.3 is 5.32 Å². The van der Waals surface area contributed by atoms with E-state index < -0.39 is 0 Å². The van der Waals surface area contributed by atoms with Crippen molar-refractivity contribution in [3.63, 3.8) is 0 Å². The van der Waals surface area contributed by atoms with E-state index in [0.29, 0.717) is 10.8 Å². The lowest BCUT2D eigenvalue weighted by atomic mass is 9.87. The SMILES string of the molecule is CCCNCC1C(C)(C)C12CCCC(CC)CC2. The van der Waals surface area contributed by atoms with Crippen LogP contribution in [-0.4, -0.2) is 13.1 Å². The monoisotopic (exact) mass is 251 g/mol. The van der Waals surface area contributed by atoms with E-state index in [-0.39, 0.29) is 0 Å². The molecule has 1 heteroatoms. The minimum Gasteiger partial charge on any atom is -0.316 e. The molecule has 0 radical (unpaired) electrons. The maximum atomic E-state index is 3.67. The van der Waals surface area contributed by atoms with Gasteiger partial charge in [-0.2, -0.15) is 0 Å². The molecule has 0 saturated heterocycles. The van der Waals surface area contributed by atoms with Crippen LogP contribution in [-0.2, 0) is 0 Å². The molecule has 106 valence electrons. The highest BCUT2D eigenvalue weighted by Crippen LogP contribution is 2.74. The fraction of sp³-hybridized carbons (Fsp3) is 1.00. The molecule has 2 rings (SSSR count). The molecule has 1 nitrogen and oxygen atoms in total. The highest BCUT2D eigenvalue weighted by atomic mass is 14.9. The first kappa shape index (κ1) is 14.4. The van der Waals surface area contributed by atoms with Crippen LogP contribution in [0.1, 0.15) is 72.6 Å². The van der Waals surface area contributed by atoms with E-state index in [9.17, 15) is 0 Å². The Bertz CT molecular complexity index is 271. The lowest BCUT2D eigenvalue weighted by Crippen LogP contribution is -2.20. The molecule has 0 bridgehead atoms. The summed E-state index contributed by atoms with van der Waals surface area (Å²) in [4.78, 5) is 0. The maximum absolute atomic E-state index is 3.67. The summed E-state index contributed by atoms with van der Waals surface area (Å²) in [6, 6.07) is 0. The Morgan fingerprint density at radius 1 is 1.11 bits per heavy atom. The van der Waals surface area contributed by atoms with Gasteiger partial charge in [0.2, 0.25) is 0 Å². The summed E-state index contributed by atoms with van der Waals surface area (Å²) in [5.41, 5.74) is 1.29. The van der Waals surface area contributed by atoms with Gasteiger partial charge in [-0.1, -0.05) is 47.0 Å². The molecule has 0 aliphatic heterocycles. The van der Waals surface area contributed by atoms with Crippen LogP contribution in [0.15, 0.2) is 0 Å². The van der Waals surface area contributed by atoms with Crippen LogP contribution in [0.4, 0.5) is 0 Å². The minimum absolute atomic E-state index is 0.594. The van der Waals surface area contributed by atoms with Gasteiger partial charge in [-0.15, -0.1) is 0 Å². The van der Waals surface area contributed by atoms with Crippen LogP contribution >= 0.6 is 0 Å². The molecule has 3 unspecified atom stereocenters. The summed E-state index contributed by atoms with van der Waals surface area (Å²) in [5, 5.41) is 3.67. The van der Waals surface area contributed by atoms with E-state index in [1.54, 1.807) is 0 Å². The van der Waals surface area contributed by atoms with Crippen molar-refractivity contribution in [2.45, 2.75) is 72.6 Å². The smallest absolute Gasteiger partial charge is 0.000968 e. The van der Waals surface area contributed by atoms with Crippen molar-refractivity contribution in [3.05, 3.63) is 0 Å². The van der Waals surface area contributed by atoms with Crippen LogP contribution in [0.25, 0.3) is 0 Å². The first-order valence-electron chi connectivity index (χ1n) is 8.29. The Kier molecular flexibility index (Phi) is 4.41.